The molecule has 0 saturated heterocycles. The average Bonchev–Trinajstić information content (AvgIpc) is 2.30. The molecule has 1 atom stereocenters. The first-order valence-corrected chi connectivity index (χ1v) is 5.39. The number of rotatable bonds is 6. The van der Waals surface area contributed by atoms with Crippen LogP contribution in [0.15, 0.2) is 30.9 Å². The molecule has 1 rings (SSSR count). The summed E-state index contributed by atoms with van der Waals surface area (Å²) in [7, 11) is 1.47. The van der Waals surface area contributed by atoms with Gasteiger partial charge in [0.05, 0.1) is 7.11 Å². The number of benzene rings is 1. The fraction of sp³-hybridized carbons (Fsp3) is 0.250. The van der Waals surface area contributed by atoms with Gasteiger partial charge in [0, 0.05) is 17.1 Å². The number of aliphatic carboxylic acids is 1. The van der Waals surface area contributed by atoms with Crippen molar-refractivity contribution < 1.29 is 14.6 Å². The van der Waals surface area contributed by atoms with E-state index in [9.17, 15) is 9.90 Å². The summed E-state index contributed by atoms with van der Waals surface area (Å²) in [6.45, 7) is 3.90. The molecule has 0 aromatic heterocycles. The minimum Gasteiger partial charge on any atom is -0.496 e. The lowest BCUT2D eigenvalue weighted by Crippen LogP contribution is -2.29. The van der Waals surface area contributed by atoms with Gasteiger partial charge in [-0.3, -0.25) is 10.1 Å². The maximum Gasteiger partial charge on any atom is 0.325 e. The summed E-state index contributed by atoms with van der Waals surface area (Å²) in [4.78, 5) is 11.2. The van der Waals surface area contributed by atoms with E-state index in [0.29, 0.717) is 22.9 Å². The second kappa shape index (κ2) is 6.27. The number of methoxy groups -OCH3 is 1. The van der Waals surface area contributed by atoms with Gasteiger partial charge in [-0.25, -0.2) is 0 Å². The van der Waals surface area contributed by atoms with Gasteiger partial charge in [-0.15, -0.1) is 6.58 Å². The highest BCUT2D eigenvalue weighted by molar-refractivity contribution is 6.31. The molecule has 0 fully saturated rings. The summed E-state index contributed by atoms with van der Waals surface area (Å²) in [6, 6.07) is 4.09. The number of carbonyl (C=O) groups is 1. The molecule has 0 aliphatic carbocycles. The van der Waals surface area contributed by atoms with Crippen LogP contribution in [0.5, 0.6) is 5.75 Å². The van der Waals surface area contributed by atoms with Crippen LogP contribution >= 0.6 is 11.6 Å². The van der Waals surface area contributed by atoms with Crippen LogP contribution in [0.3, 0.4) is 0 Å². The normalized spacial score (nSPS) is 11.9. The van der Waals surface area contributed by atoms with E-state index >= 15 is 0 Å². The van der Waals surface area contributed by atoms with Crippen LogP contribution in [0.4, 0.5) is 0 Å². The minimum atomic E-state index is -1.02. The smallest absolute Gasteiger partial charge is 0.325 e. The Kier molecular flexibility index (Phi) is 5.00. The van der Waals surface area contributed by atoms with Crippen molar-refractivity contribution in [3.8, 4) is 5.75 Å². The minimum absolute atomic E-state index is 0.355. The van der Waals surface area contributed by atoms with E-state index in [1.54, 1.807) is 24.3 Å². The number of carboxylic acid groups (broad SMARTS) is 1. The Morgan fingerprint density at radius 2 is 2.41 bits per heavy atom. The highest BCUT2D eigenvalue weighted by Crippen LogP contribution is 2.32. The topological polar surface area (TPSA) is 58.6 Å². The Balaban J connectivity index is 3.16. The number of halogens is 1. The molecule has 0 spiro atoms. The van der Waals surface area contributed by atoms with Gasteiger partial charge in [-0.05, 0) is 12.1 Å². The zero-order valence-corrected chi connectivity index (χ0v) is 10.2. The molecule has 0 aliphatic rings. The van der Waals surface area contributed by atoms with Crippen molar-refractivity contribution in [1.29, 1.82) is 0 Å². The maximum atomic E-state index is 11.2. The van der Waals surface area contributed by atoms with Gasteiger partial charge in [-0.1, -0.05) is 23.7 Å². The number of carboxylic acids is 1. The summed E-state index contributed by atoms with van der Waals surface area (Å²) >= 11 is 6.02. The second-order valence-corrected chi connectivity index (χ2v) is 3.73. The third-order valence-corrected chi connectivity index (χ3v) is 2.56. The lowest BCUT2D eigenvalue weighted by atomic mass is 10.1. The maximum absolute atomic E-state index is 11.2. The van der Waals surface area contributed by atoms with Crippen LogP contribution in [0.1, 0.15) is 11.6 Å². The van der Waals surface area contributed by atoms with Crippen LogP contribution in [0.25, 0.3) is 0 Å². The van der Waals surface area contributed by atoms with Gasteiger partial charge in [0.2, 0.25) is 0 Å². The second-order valence-electron chi connectivity index (χ2n) is 3.32. The van der Waals surface area contributed by atoms with E-state index in [1.807, 2.05) is 0 Å². The molecule has 0 amide bonds. The molecular formula is C12H14ClNO3. The lowest BCUT2D eigenvalue weighted by Gasteiger charge is -2.18. The molecule has 0 heterocycles. The predicted molar refractivity (Wildman–Crippen MR) is 66.6 cm³/mol. The molecular weight excluding hydrogens is 242 g/mol. The van der Waals surface area contributed by atoms with Crippen molar-refractivity contribution in [2.75, 3.05) is 13.7 Å². The van der Waals surface area contributed by atoms with Crippen LogP contribution < -0.4 is 10.1 Å². The summed E-state index contributed by atoms with van der Waals surface area (Å²) in [6.07, 6.45) is 1.58. The van der Waals surface area contributed by atoms with Gasteiger partial charge in [-0.2, -0.15) is 0 Å². The zero-order chi connectivity index (χ0) is 12.8. The standard InChI is InChI=1S/C12H14ClNO3/c1-3-7-14-11(12(15)16)10-8(13)5-4-6-9(10)17-2/h3-6,11,14H,1,7H2,2H3,(H,15,16). The average molecular weight is 256 g/mol. The molecule has 4 nitrogen and oxygen atoms in total. The molecule has 0 saturated carbocycles. The van der Waals surface area contributed by atoms with Crippen LogP contribution in [-0.2, 0) is 4.79 Å². The molecule has 0 radical (unpaired) electrons. The molecule has 0 bridgehead atoms. The Morgan fingerprint density at radius 1 is 1.71 bits per heavy atom. The number of ether oxygens (including phenoxy) is 1. The number of nitrogens with one attached hydrogen (secondary N) is 1. The molecule has 2 N–H and O–H groups in total. The monoisotopic (exact) mass is 255 g/mol. The zero-order valence-electron chi connectivity index (χ0n) is 9.44. The molecule has 0 aliphatic heterocycles. The van der Waals surface area contributed by atoms with Crippen molar-refractivity contribution in [2.24, 2.45) is 0 Å². The highest BCUT2D eigenvalue weighted by atomic mass is 35.5. The van der Waals surface area contributed by atoms with E-state index in [2.05, 4.69) is 11.9 Å². The van der Waals surface area contributed by atoms with Gasteiger partial charge < -0.3 is 9.84 Å². The van der Waals surface area contributed by atoms with Crippen molar-refractivity contribution in [3.63, 3.8) is 0 Å². The molecule has 1 aromatic rings. The Bertz CT molecular complexity index is 420. The van der Waals surface area contributed by atoms with E-state index in [1.165, 1.54) is 7.11 Å². The van der Waals surface area contributed by atoms with Crippen LogP contribution in [0, 0.1) is 0 Å². The molecule has 1 aromatic carbocycles. The molecule has 5 heteroatoms. The summed E-state index contributed by atoms with van der Waals surface area (Å²) in [5.74, 6) is -0.570. The fourth-order valence-electron chi connectivity index (χ4n) is 1.49. The van der Waals surface area contributed by atoms with Crippen molar-refractivity contribution in [1.82, 2.24) is 5.32 Å². The van der Waals surface area contributed by atoms with E-state index in [0.717, 1.165) is 0 Å². The highest BCUT2D eigenvalue weighted by Gasteiger charge is 2.24. The summed E-state index contributed by atoms with van der Waals surface area (Å²) < 4.78 is 5.12. The van der Waals surface area contributed by atoms with Gasteiger partial charge in [0.25, 0.3) is 0 Å². The molecule has 17 heavy (non-hydrogen) atoms. The Morgan fingerprint density at radius 3 is 2.94 bits per heavy atom. The SMILES string of the molecule is C=CCNC(C(=O)O)c1c(Cl)cccc1OC. The van der Waals surface area contributed by atoms with Crippen molar-refractivity contribution in [3.05, 3.63) is 41.4 Å². The summed E-state index contributed by atoms with van der Waals surface area (Å²) in [5, 5.41) is 12.4. The van der Waals surface area contributed by atoms with E-state index in [-0.39, 0.29) is 0 Å². The predicted octanol–water partition coefficient (Wildman–Crippen LogP) is 2.25. The van der Waals surface area contributed by atoms with Crippen molar-refractivity contribution >= 4 is 17.6 Å². The lowest BCUT2D eigenvalue weighted by molar-refractivity contribution is -0.139. The van der Waals surface area contributed by atoms with Crippen LogP contribution in [-0.4, -0.2) is 24.7 Å². The van der Waals surface area contributed by atoms with Gasteiger partial charge in [0.1, 0.15) is 11.8 Å². The van der Waals surface area contributed by atoms with Gasteiger partial charge >= 0.3 is 5.97 Å². The fourth-order valence-corrected chi connectivity index (χ4v) is 1.76. The van der Waals surface area contributed by atoms with E-state index < -0.39 is 12.0 Å². The molecule has 1 unspecified atom stereocenters. The molecule has 92 valence electrons. The third kappa shape index (κ3) is 3.22. The largest absolute Gasteiger partial charge is 0.496 e. The first kappa shape index (κ1) is 13.5. The number of hydrogen-bond acceptors (Lipinski definition) is 3. The Labute approximate surface area is 105 Å². The first-order valence-electron chi connectivity index (χ1n) is 5.01. The Hall–Kier alpha value is -1.52. The summed E-state index contributed by atoms with van der Waals surface area (Å²) in [5.41, 5.74) is 0.422. The number of hydrogen-bond donors (Lipinski definition) is 2. The van der Waals surface area contributed by atoms with E-state index in [4.69, 9.17) is 16.3 Å². The first-order chi connectivity index (χ1) is 8.11. The van der Waals surface area contributed by atoms with Crippen molar-refractivity contribution in [2.45, 2.75) is 6.04 Å². The van der Waals surface area contributed by atoms with Crippen LogP contribution in [0.2, 0.25) is 5.02 Å². The van der Waals surface area contributed by atoms with Gasteiger partial charge in [0.15, 0.2) is 0 Å². The third-order valence-electron chi connectivity index (χ3n) is 2.23. The quantitative estimate of drug-likeness (QED) is 0.766.